The first kappa shape index (κ1) is 20.2. The fraction of sp³-hybridized carbons (Fsp3) is 0.850. The Balaban J connectivity index is 1.65. The number of carboxylic acid groups (broad SMARTS) is 1. The molecule has 0 aliphatic carbocycles. The van der Waals surface area contributed by atoms with Crippen LogP contribution < -0.4 is 0 Å². The van der Waals surface area contributed by atoms with Crippen LogP contribution in [-0.4, -0.2) is 33.1 Å². The molecule has 0 amide bonds. The molecule has 0 unspecified atom stereocenters. The maximum absolute atomic E-state index is 10.5. The molecular weight excluding hydrogens is 336 g/mol. The van der Waals surface area contributed by atoms with E-state index in [4.69, 9.17) is 5.11 Å². The van der Waals surface area contributed by atoms with Gasteiger partial charge in [0.05, 0.1) is 0 Å². The van der Waals surface area contributed by atoms with Gasteiger partial charge >= 0.3 is 5.97 Å². The van der Waals surface area contributed by atoms with E-state index < -0.39 is 5.97 Å². The SMILES string of the molecule is CCCCCCSC[C@H]1[C@@H](CC=CCCCC(=O)O)[C@H]2CC[C@@H]1S2. The molecule has 2 saturated heterocycles. The summed E-state index contributed by atoms with van der Waals surface area (Å²) in [6.07, 6.45) is 16.1. The molecule has 2 rings (SSSR count). The zero-order chi connectivity index (χ0) is 17.2. The maximum atomic E-state index is 10.5. The molecule has 2 nitrogen and oxygen atoms in total. The van der Waals surface area contributed by atoms with Gasteiger partial charge < -0.3 is 5.11 Å². The number of carbonyl (C=O) groups is 1. The number of rotatable bonds is 13. The Morgan fingerprint density at radius 3 is 2.67 bits per heavy atom. The average molecular weight is 371 g/mol. The van der Waals surface area contributed by atoms with E-state index in [1.807, 2.05) is 0 Å². The van der Waals surface area contributed by atoms with Crippen molar-refractivity contribution in [2.24, 2.45) is 11.8 Å². The second kappa shape index (κ2) is 11.5. The maximum Gasteiger partial charge on any atom is 0.303 e. The van der Waals surface area contributed by atoms with Gasteiger partial charge in [-0.2, -0.15) is 23.5 Å². The zero-order valence-electron chi connectivity index (χ0n) is 15.1. The van der Waals surface area contributed by atoms with Crippen molar-refractivity contribution in [3.8, 4) is 0 Å². The average Bonchev–Trinajstić information content (AvgIpc) is 3.15. The molecule has 0 saturated carbocycles. The van der Waals surface area contributed by atoms with Crippen LogP contribution in [0.2, 0.25) is 0 Å². The smallest absolute Gasteiger partial charge is 0.303 e. The lowest BCUT2D eigenvalue weighted by atomic mass is 9.78. The van der Waals surface area contributed by atoms with Gasteiger partial charge in [-0.15, -0.1) is 0 Å². The summed E-state index contributed by atoms with van der Waals surface area (Å²) in [5.74, 6) is 3.80. The molecule has 4 atom stereocenters. The predicted octanol–water partition coefficient (Wildman–Crippen LogP) is 6.01. The van der Waals surface area contributed by atoms with Crippen molar-refractivity contribution in [3.05, 3.63) is 12.2 Å². The summed E-state index contributed by atoms with van der Waals surface area (Å²) >= 11 is 4.46. The number of hydrogen-bond acceptors (Lipinski definition) is 3. The minimum atomic E-state index is -0.677. The lowest BCUT2D eigenvalue weighted by Gasteiger charge is -2.28. The third-order valence-electron chi connectivity index (χ3n) is 5.38. The van der Waals surface area contributed by atoms with Crippen molar-refractivity contribution in [2.75, 3.05) is 11.5 Å². The molecule has 138 valence electrons. The number of fused-ring (bicyclic) bond motifs is 2. The number of thioether (sulfide) groups is 2. The van der Waals surface area contributed by atoms with Crippen LogP contribution in [0.4, 0.5) is 0 Å². The Kier molecular flexibility index (Phi) is 9.70. The quantitative estimate of drug-likeness (QED) is 0.318. The first-order valence-electron chi connectivity index (χ1n) is 9.82. The van der Waals surface area contributed by atoms with Crippen LogP contribution >= 0.6 is 23.5 Å². The fourth-order valence-corrected chi connectivity index (χ4v) is 7.48. The van der Waals surface area contributed by atoms with E-state index in [1.54, 1.807) is 0 Å². The molecule has 1 N–H and O–H groups in total. The predicted molar refractivity (Wildman–Crippen MR) is 108 cm³/mol. The van der Waals surface area contributed by atoms with Gasteiger partial charge in [0.1, 0.15) is 0 Å². The standard InChI is InChI=1S/C20H34O2S2/c1-2-3-4-9-14-23-15-17-16(18-12-13-19(17)24-18)10-7-5-6-8-11-20(21)22/h5,7,16-19H,2-4,6,8-15H2,1H3,(H,21,22)/t16-,17+,18-,19+/m1/s1. The van der Waals surface area contributed by atoms with Crippen molar-refractivity contribution < 1.29 is 9.90 Å². The second-order valence-corrected chi connectivity index (χ2v) is 9.88. The van der Waals surface area contributed by atoms with Crippen molar-refractivity contribution in [3.63, 3.8) is 0 Å². The molecule has 2 bridgehead atoms. The highest BCUT2D eigenvalue weighted by Gasteiger charge is 2.47. The summed E-state index contributed by atoms with van der Waals surface area (Å²) < 4.78 is 0. The summed E-state index contributed by atoms with van der Waals surface area (Å²) in [5, 5.41) is 10.5. The molecule has 4 heteroatoms. The number of hydrogen-bond donors (Lipinski definition) is 1. The Bertz CT molecular complexity index is 397. The van der Waals surface area contributed by atoms with Gasteiger partial charge in [-0.1, -0.05) is 38.3 Å². The molecule has 2 heterocycles. The van der Waals surface area contributed by atoms with Crippen LogP contribution in [0.1, 0.15) is 71.1 Å². The van der Waals surface area contributed by atoms with E-state index in [1.165, 1.54) is 56.5 Å². The van der Waals surface area contributed by atoms with Gasteiger partial charge in [0.2, 0.25) is 0 Å². The third-order valence-corrected chi connectivity index (χ3v) is 8.45. The van der Waals surface area contributed by atoms with Crippen molar-refractivity contribution in [2.45, 2.75) is 81.6 Å². The first-order chi connectivity index (χ1) is 11.7. The molecule has 0 spiro atoms. The van der Waals surface area contributed by atoms with Gasteiger partial charge in [-0.25, -0.2) is 0 Å². The Hall–Kier alpha value is -0.0900. The molecule has 0 radical (unpaired) electrons. The highest BCUT2D eigenvalue weighted by molar-refractivity contribution is 8.01. The van der Waals surface area contributed by atoms with Crippen LogP contribution in [-0.2, 0) is 4.79 Å². The minimum absolute atomic E-state index is 0.297. The van der Waals surface area contributed by atoms with E-state index in [-0.39, 0.29) is 0 Å². The zero-order valence-corrected chi connectivity index (χ0v) is 16.8. The van der Waals surface area contributed by atoms with Crippen LogP contribution in [0.15, 0.2) is 12.2 Å². The number of allylic oxidation sites excluding steroid dienone is 2. The Morgan fingerprint density at radius 2 is 1.92 bits per heavy atom. The van der Waals surface area contributed by atoms with Crippen LogP contribution in [0.5, 0.6) is 0 Å². The van der Waals surface area contributed by atoms with Crippen molar-refractivity contribution >= 4 is 29.5 Å². The third kappa shape index (κ3) is 6.67. The molecule has 2 aliphatic heterocycles. The number of unbranched alkanes of at least 4 members (excludes halogenated alkanes) is 4. The summed E-state index contributed by atoms with van der Waals surface area (Å²) in [4.78, 5) is 10.5. The van der Waals surface area contributed by atoms with Crippen LogP contribution in [0.3, 0.4) is 0 Å². The van der Waals surface area contributed by atoms with Crippen molar-refractivity contribution in [1.29, 1.82) is 0 Å². The lowest BCUT2D eigenvalue weighted by molar-refractivity contribution is -0.137. The van der Waals surface area contributed by atoms with Crippen molar-refractivity contribution in [1.82, 2.24) is 0 Å². The number of aliphatic carboxylic acids is 1. The van der Waals surface area contributed by atoms with Gasteiger partial charge in [0.25, 0.3) is 0 Å². The number of carboxylic acids is 1. The van der Waals surface area contributed by atoms with Crippen LogP contribution in [0, 0.1) is 11.8 Å². The normalized spacial score (nSPS) is 28.9. The summed E-state index contributed by atoms with van der Waals surface area (Å²) in [5.41, 5.74) is 0. The fourth-order valence-electron chi connectivity index (χ4n) is 4.02. The summed E-state index contributed by atoms with van der Waals surface area (Å²) in [6.45, 7) is 2.28. The van der Waals surface area contributed by atoms with E-state index in [0.717, 1.165) is 35.2 Å². The molecule has 0 aromatic rings. The monoisotopic (exact) mass is 370 g/mol. The molecular formula is C20H34O2S2. The lowest BCUT2D eigenvalue weighted by Crippen LogP contribution is -2.28. The minimum Gasteiger partial charge on any atom is -0.481 e. The van der Waals surface area contributed by atoms with E-state index in [0.29, 0.717) is 6.42 Å². The second-order valence-electron chi connectivity index (χ2n) is 7.25. The van der Waals surface area contributed by atoms with Crippen LogP contribution in [0.25, 0.3) is 0 Å². The van der Waals surface area contributed by atoms with E-state index >= 15 is 0 Å². The molecule has 0 aromatic carbocycles. The molecule has 2 fully saturated rings. The van der Waals surface area contributed by atoms with Gasteiger partial charge in [-0.3, -0.25) is 4.79 Å². The Morgan fingerprint density at radius 1 is 1.12 bits per heavy atom. The Labute approximate surface area is 156 Å². The highest BCUT2D eigenvalue weighted by atomic mass is 32.2. The van der Waals surface area contributed by atoms with Gasteiger partial charge in [0.15, 0.2) is 0 Å². The van der Waals surface area contributed by atoms with Gasteiger partial charge in [-0.05, 0) is 61.9 Å². The summed E-state index contributed by atoms with van der Waals surface area (Å²) in [6, 6.07) is 0. The topological polar surface area (TPSA) is 37.3 Å². The molecule has 24 heavy (non-hydrogen) atoms. The van der Waals surface area contributed by atoms with E-state index in [2.05, 4.69) is 42.6 Å². The highest BCUT2D eigenvalue weighted by Crippen LogP contribution is 2.55. The summed E-state index contributed by atoms with van der Waals surface area (Å²) in [7, 11) is 0. The molecule has 0 aromatic heterocycles. The largest absolute Gasteiger partial charge is 0.481 e. The first-order valence-corrected chi connectivity index (χ1v) is 11.9. The molecule has 2 aliphatic rings. The van der Waals surface area contributed by atoms with Gasteiger partial charge in [0, 0.05) is 16.9 Å². The van der Waals surface area contributed by atoms with E-state index in [9.17, 15) is 4.79 Å².